The summed E-state index contributed by atoms with van der Waals surface area (Å²) in [6, 6.07) is 17.6. The van der Waals surface area contributed by atoms with Crippen molar-refractivity contribution in [2.24, 2.45) is 5.92 Å². The molecular weight excluding hydrogens is 540 g/mol. The molecule has 2 aromatic rings. The molecular formula is C33H44O9. The van der Waals surface area contributed by atoms with Crippen LogP contribution in [0.5, 0.6) is 5.75 Å². The molecule has 1 unspecified atom stereocenters. The quantitative estimate of drug-likeness (QED) is 0.214. The zero-order valence-corrected chi connectivity index (χ0v) is 25.7. The van der Waals surface area contributed by atoms with Gasteiger partial charge in [0, 0.05) is 32.4 Å². The largest absolute Gasteiger partial charge is 0.497 e. The maximum absolute atomic E-state index is 12.4. The number of benzene rings is 2. The molecule has 0 radical (unpaired) electrons. The van der Waals surface area contributed by atoms with Crippen LogP contribution in [-0.4, -0.2) is 63.5 Å². The first-order chi connectivity index (χ1) is 20.1. The number of ether oxygens (including phenoxy) is 7. The highest BCUT2D eigenvalue weighted by atomic mass is 16.7. The maximum Gasteiger partial charge on any atom is 0.330 e. The molecule has 1 heterocycles. The number of rotatable bonds is 14. The number of esters is 2. The number of carbonyl (C=O) groups is 2. The summed E-state index contributed by atoms with van der Waals surface area (Å²) >= 11 is 0. The van der Waals surface area contributed by atoms with Gasteiger partial charge in [0.15, 0.2) is 6.10 Å². The molecule has 0 N–H and O–H groups in total. The van der Waals surface area contributed by atoms with Crippen LogP contribution >= 0.6 is 0 Å². The third-order valence-corrected chi connectivity index (χ3v) is 7.43. The average molecular weight is 585 g/mol. The van der Waals surface area contributed by atoms with Gasteiger partial charge in [-0.2, -0.15) is 0 Å². The monoisotopic (exact) mass is 584 g/mol. The van der Waals surface area contributed by atoms with Gasteiger partial charge >= 0.3 is 11.9 Å². The van der Waals surface area contributed by atoms with Gasteiger partial charge in [0.2, 0.25) is 5.79 Å². The lowest BCUT2D eigenvalue weighted by molar-refractivity contribution is -0.322. The van der Waals surface area contributed by atoms with Crippen LogP contribution in [0, 0.1) is 5.92 Å². The molecule has 2 aromatic carbocycles. The van der Waals surface area contributed by atoms with Crippen molar-refractivity contribution in [3.05, 3.63) is 77.4 Å². The van der Waals surface area contributed by atoms with Gasteiger partial charge < -0.3 is 33.2 Å². The Kier molecular flexibility index (Phi) is 12.5. The van der Waals surface area contributed by atoms with E-state index in [-0.39, 0.29) is 18.1 Å². The van der Waals surface area contributed by atoms with E-state index in [4.69, 9.17) is 33.2 Å². The Morgan fingerprint density at radius 2 is 1.60 bits per heavy atom. The second-order valence-corrected chi connectivity index (χ2v) is 10.7. The van der Waals surface area contributed by atoms with Crippen LogP contribution in [0.3, 0.4) is 0 Å². The van der Waals surface area contributed by atoms with E-state index < -0.39 is 29.9 Å². The Labute approximate surface area is 249 Å². The van der Waals surface area contributed by atoms with Gasteiger partial charge in [-0.3, -0.25) is 4.79 Å². The zero-order valence-electron chi connectivity index (χ0n) is 25.7. The summed E-state index contributed by atoms with van der Waals surface area (Å²) in [6.45, 7) is 7.90. The number of hydrogen-bond acceptors (Lipinski definition) is 9. The lowest BCUT2D eigenvalue weighted by Gasteiger charge is -2.49. The minimum absolute atomic E-state index is 0.235. The molecule has 230 valence electrons. The first-order valence-electron chi connectivity index (χ1n) is 14.2. The Balaban J connectivity index is 1.89. The first kappa shape index (κ1) is 33.3. The molecule has 0 aromatic heterocycles. The van der Waals surface area contributed by atoms with E-state index >= 15 is 0 Å². The molecule has 42 heavy (non-hydrogen) atoms. The molecule has 0 spiro atoms. The van der Waals surface area contributed by atoms with Crippen LogP contribution in [0.4, 0.5) is 0 Å². The van der Waals surface area contributed by atoms with Crippen LogP contribution in [0.25, 0.3) is 0 Å². The fourth-order valence-electron chi connectivity index (χ4n) is 5.11. The van der Waals surface area contributed by atoms with Crippen molar-refractivity contribution in [1.82, 2.24) is 0 Å². The van der Waals surface area contributed by atoms with E-state index in [9.17, 15) is 9.59 Å². The van der Waals surface area contributed by atoms with Gasteiger partial charge in [-0.05, 0) is 42.2 Å². The minimum atomic E-state index is -1.33. The fourth-order valence-corrected chi connectivity index (χ4v) is 5.11. The topological polar surface area (TPSA) is 98.8 Å². The normalized spacial score (nSPS) is 22.9. The Bertz CT molecular complexity index is 1160. The molecule has 0 bridgehead atoms. The standard InChI is InChI=1S/C33H44O9/c1-22(2)33(38-7)32(41-24(4)34)27(18-31(35)37-6)17-29(42-33)19-30(23(3)39-20-25-11-9-8-10-12-25)40-21-26-13-15-28(36-5)16-14-26/h8-16,18,22-23,29-30,32H,17,19-21H2,1-7H3/b27-18+/t23-,29-,30?,32-,33-/m0/s1. The highest BCUT2D eigenvalue weighted by Gasteiger charge is 2.53. The van der Waals surface area contributed by atoms with Crippen LogP contribution in [0.1, 0.15) is 51.7 Å². The van der Waals surface area contributed by atoms with Crippen molar-refractivity contribution in [2.45, 2.75) is 84.0 Å². The van der Waals surface area contributed by atoms with Crippen molar-refractivity contribution in [2.75, 3.05) is 21.3 Å². The van der Waals surface area contributed by atoms with E-state index in [0.717, 1.165) is 16.9 Å². The van der Waals surface area contributed by atoms with Gasteiger partial charge in [0.1, 0.15) is 5.75 Å². The number of hydrogen-bond donors (Lipinski definition) is 0. The molecule has 1 fully saturated rings. The summed E-state index contributed by atoms with van der Waals surface area (Å²) in [5.41, 5.74) is 2.59. The molecule has 0 amide bonds. The van der Waals surface area contributed by atoms with Gasteiger partial charge in [0.05, 0.1) is 45.7 Å². The zero-order chi connectivity index (χ0) is 30.7. The number of methoxy groups -OCH3 is 3. The van der Waals surface area contributed by atoms with E-state index in [2.05, 4.69) is 0 Å². The molecule has 0 aliphatic carbocycles. The molecule has 9 nitrogen and oxygen atoms in total. The average Bonchev–Trinajstić information content (AvgIpc) is 2.99. The molecule has 3 rings (SSSR count). The third-order valence-electron chi connectivity index (χ3n) is 7.43. The Morgan fingerprint density at radius 1 is 0.952 bits per heavy atom. The summed E-state index contributed by atoms with van der Waals surface area (Å²) in [6.07, 6.45) is 0.0318. The third kappa shape index (κ3) is 8.88. The van der Waals surface area contributed by atoms with Crippen LogP contribution in [0.2, 0.25) is 0 Å². The van der Waals surface area contributed by atoms with E-state index in [1.54, 1.807) is 7.11 Å². The SMILES string of the molecule is COC(=O)/C=C1\C[C@@H](CC(OCc2ccc(OC)cc2)[C@H](C)OCc2ccccc2)O[C@@](OC)(C(C)C)[C@H]1OC(C)=O. The fraction of sp³-hybridized carbons (Fsp3) is 0.515. The molecule has 1 aliphatic rings. The van der Waals surface area contributed by atoms with E-state index in [0.29, 0.717) is 31.6 Å². The maximum atomic E-state index is 12.4. The summed E-state index contributed by atoms with van der Waals surface area (Å²) < 4.78 is 41.2. The van der Waals surface area contributed by atoms with Crippen molar-refractivity contribution in [3.8, 4) is 5.75 Å². The molecule has 9 heteroatoms. The molecule has 1 saturated heterocycles. The second kappa shape index (κ2) is 15.8. The van der Waals surface area contributed by atoms with Crippen LogP contribution in [-0.2, 0) is 51.2 Å². The molecule has 5 atom stereocenters. The predicted molar refractivity (Wildman–Crippen MR) is 157 cm³/mol. The van der Waals surface area contributed by atoms with Gasteiger partial charge in [-0.1, -0.05) is 56.3 Å². The predicted octanol–water partition coefficient (Wildman–Crippen LogP) is 5.39. The lowest BCUT2D eigenvalue weighted by Crippen LogP contribution is -2.59. The molecule has 0 saturated carbocycles. The van der Waals surface area contributed by atoms with Crippen molar-refractivity contribution in [1.29, 1.82) is 0 Å². The molecule has 1 aliphatic heterocycles. The smallest absolute Gasteiger partial charge is 0.330 e. The number of carbonyl (C=O) groups excluding carboxylic acids is 2. The van der Waals surface area contributed by atoms with Gasteiger partial charge in [-0.15, -0.1) is 0 Å². The highest BCUT2D eigenvalue weighted by molar-refractivity contribution is 5.83. The van der Waals surface area contributed by atoms with E-state index in [1.165, 1.54) is 27.2 Å². The van der Waals surface area contributed by atoms with Crippen molar-refractivity contribution >= 4 is 11.9 Å². The van der Waals surface area contributed by atoms with Gasteiger partial charge in [-0.25, -0.2) is 4.79 Å². The lowest BCUT2D eigenvalue weighted by atomic mass is 9.83. The first-order valence-corrected chi connectivity index (χ1v) is 14.2. The Morgan fingerprint density at radius 3 is 2.17 bits per heavy atom. The summed E-state index contributed by atoms with van der Waals surface area (Å²) in [4.78, 5) is 24.5. The summed E-state index contributed by atoms with van der Waals surface area (Å²) in [5.74, 6) is -1.86. The summed E-state index contributed by atoms with van der Waals surface area (Å²) in [5, 5.41) is 0. The van der Waals surface area contributed by atoms with E-state index in [1.807, 2.05) is 75.4 Å². The highest BCUT2D eigenvalue weighted by Crippen LogP contribution is 2.42. The van der Waals surface area contributed by atoms with Crippen LogP contribution < -0.4 is 4.74 Å². The van der Waals surface area contributed by atoms with Gasteiger partial charge in [0.25, 0.3) is 0 Å². The second-order valence-electron chi connectivity index (χ2n) is 10.7. The van der Waals surface area contributed by atoms with Crippen molar-refractivity contribution in [3.63, 3.8) is 0 Å². The summed E-state index contributed by atoms with van der Waals surface area (Å²) in [7, 11) is 4.44. The Hall–Kier alpha value is -3.24. The van der Waals surface area contributed by atoms with Crippen LogP contribution in [0.15, 0.2) is 66.2 Å². The van der Waals surface area contributed by atoms with Crippen molar-refractivity contribution < 1.29 is 42.7 Å². The minimum Gasteiger partial charge on any atom is -0.497 e.